The van der Waals surface area contributed by atoms with Crippen molar-refractivity contribution in [2.75, 3.05) is 25.5 Å². The van der Waals surface area contributed by atoms with E-state index in [4.69, 9.17) is 0 Å². The maximum Gasteiger partial charge on any atom is 0.130 e. The first-order chi connectivity index (χ1) is 7.61. The highest BCUT2D eigenvalue weighted by atomic mass is 19.1. The van der Waals surface area contributed by atoms with E-state index < -0.39 is 0 Å². The highest BCUT2D eigenvalue weighted by Crippen LogP contribution is 2.27. The second-order valence-corrected chi connectivity index (χ2v) is 3.85. The molecule has 1 aromatic rings. The van der Waals surface area contributed by atoms with E-state index in [0.717, 1.165) is 5.69 Å². The topological polar surface area (TPSA) is 15.3 Å². The van der Waals surface area contributed by atoms with Crippen LogP contribution in [0, 0.1) is 5.82 Å². The number of benzene rings is 1. The summed E-state index contributed by atoms with van der Waals surface area (Å²) in [5.41, 5.74) is 1.61. The number of hydrogen-bond donors (Lipinski definition) is 1. The van der Waals surface area contributed by atoms with E-state index in [1.54, 1.807) is 12.1 Å². The minimum Gasteiger partial charge on any atom is -0.371 e. The SMILES string of the molecule is C=CCN(C)c1cccc(F)c1C(C)NC. The number of nitrogens with zero attached hydrogens (tertiary/aromatic N) is 1. The van der Waals surface area contributed by atoms with Crippen molar-refractivity contribution in [2.45, 2.75) is 13.0 Å². The molecule has 0 aliphatic heterocycles. The smallest absolute Gasteiger partial charge is 0.130 e. The minimum atomic E-state index is -0.171. The standard InChI is InChI=1S/C13H19FN2/c1-5-9-16(4)12-8-6-7-11(14)13(12)10(2)15-3/h5-8,10,15H,1,9H2,2-4H3. The Morgan fingerprint density at radius 1 is 1.56 bits per heavy atom. The summed E-state index contributed by atoms with van der Waals surface area (Å²) in [6.45, 7) is 6.34. The molecule has 0 amide bonds. The lowest BCUT2D eigenvalue weighted by atomic mass is 10.0. The van der Waals surface area contributed by atoms with Crippen LogP contribution >= 0.6 is 0 Å². The largest absolute Gasteiger partial charge is 0.371 e. The number of hydrogen-bond acceptors (Lipinski definition) is 2. The van der Waals surface area contributed by atoms with Crippen LogP contribution < -0.4 is 10.2 Å². The summed E-state index contributed by atoms with van der Waals surface area (Å²) in [7, 11) is 3.76. The molecular weight excluding hydrogens is 203 g/mol. The van der Waals surface area contributed by atoms with Crippen molar-refractivity contribution in [2.24, 2.45) is 0 Å². The third kappa shape index (κ3) is 2.61. The maximum absolute atomic E-state index is 13.8. The molecule has 2 nitrogen and oxygen atoms in total. The van der Waals surface area contributed by atoms with Gasteiger partial charge >= 0.3 is 0 Å². The van der Waals surface area contributed by atoms with Gasteiger partial charge in [0, 0.05) is 30.9 Å². The molecule has 1 N–H and O–H groups in total. The van der Waals surface area contributed by atoms with Crippen molar-refractivity contribution in [1.29, 1.82) is 0 Å². The molecule has 1 rings (SSSR count). The van der Waals surface area contributed by atoms with Gasteiger partial charge in [-0.05, 0) is 26.1 Å². The van der Waals surface area contributed by atoms with Gasteiger partial charge in [-0.25, -0.2) is 4.39 Å². The first-order valence-electron chi connectivity index (χ1n) is 5.39. The van der Waals surface area contributed by atoms with Crippen LogP contribution in [0.15, 0.2) is 30.9 Å². The number of halogens is 1. The van der Waals surface area contributed by atoms with Crippen LogP contribution in [0.4, 0.5) is 10.1 Å². The van der Waals surface area contributed by atoms with Crippen molar-refractivity contribution >= 4 is 5.69 Å². The Morgan fingerprint density at radius 3 is 2.81 bits per heavy atom. The third-order valence-electron chi connectivity index (χ3n) is 2.71. The molecule has 0 aromatic heterocycles. The van der Waals surface area contributed by atoms with Crippen LogP contribution in [0.25, 0.3) is 0 Å². The molecule has 0 spiro atoms. The van der Waals surface area contributed by atoms with Crippen molar-refractivity contribution in [3.63, 3.8) is 0 Å². The van der Waals surface area contributed by atoms with E-state index in [9.17, 15) is 4.39 Å². The number of rotatable bonds is 5. The molecule has 3 heteroatoms. The van der Waals surface area contributed by atoms with Gasteiger partial charge in [0.25, 0.3) is 0 Å². The summed E-state index contributed by atoms with van der Waals surface area (Å²) < 4.78 is 13.8. The van der Waals surface area contributed by atoms with Crippen LogP contribution in [-0.2, 0) is 0 Å². The van der Waals surface area contributed by atoms with Gasteiger partial charge in [-0.3, -0.25) is 0 Å². The van der Waals surface area contributed by atoms with Crippen LogP contribution in [0.2, 0.25) is 0 Å². The quantitative estimate of drug-likeness (QED) is 0.771. The van der Waals surface area contributed by atoms with Crippen molar-refractivity contribution in [3.8, 4) is 0 Å². The number of likely N-dealkylation sites (N-methyl/N-ethyl adjacent to an activating group) is 1. The van der Waals surface area contributed by atoms with E-state index in [-0.39, 0.29) is 11.9 Å². The van der Waals surface area contributed by atoms with Crippen LogP contribution in [-0.4, -0.2) is 20.6 Å². The fourth-order valence-corrected chi connectivity index (χ4v) is 1.72. The molecule has 1 atom stereocenters. The van der Waals surface area contributed by atoms with E-state index in [2.05, 4.69) is 11.9 Å². The van der Waals surface area contributed by atoms with Crippen molar-refractivity contribution < 1.29 is 4.39 Å². The second kappa shape index (κ2) is 5.66. The molecule has 0 saturated carbocycles. The maximum atomic E-state index is 13.8. The monoisotopic (exact) mass is 222 g/mol. The summed E-state index contributed by atoms with van der Waals surface area (Å²) in [5, 5.41) is 3.07. The van der Waals surface area contributed by atoms with Gasteiger partial charge in [-0.1, -0.05) is 12.1 Å². The van der Waals surface area contributed by atoms with Gasteiger partial charge in [0.2, 0.25) is 0 Å². The predicted octanol–water partition coefficient (Wildman–Crippen LogP) is 2.73. The van der Waals surface area contributed by atoms with Gasteiger partial charge < -0.3 is 10.2 Å². The summed E-state index contributed by atoms with van der Waals surface area (Å²) in [6.07, 6.45) is 1.80. The molecule has 16 heavy (non-hydrogen) atoms. The van der Waals surface area contributed by atoms with E-state index >= 15 is 0 Å². The molecule has 0 bridgehead atoms. The van der Waals surface area contributed by atoms with Gasteiger partial charge in [0.1, 0.15) is 5.82 Å². The van der Waals surface area contributed by atoms with Crippen LogP contribution in [0.3, 0.4) is 0 Å². The molecule has 0 saturated heterocycles. The molecule has 0 fully saturated rings. The molecule has 0 aliphatic carbocycles. The minimum absolute atomic E-state index is 0.0107. The zero-order valence-electron chi connectivity index (χ0n) is 10.1. The van der Waals surface area contributed by atoms with E-state index in [1.807, 2.05) is 32.0 Å². The first kappa shape index (κ1) is 12.7. The van der Waals surface area contributed by atoms with Crippen LogP contribution in [0.5, 0.6) is 0 Å². The zero-order chi connectivity index (χ0) is 12.1. The summed E-state index contributed by atoms with van der Waals surface area (Å²) in [5.74, 6) is -0.171. The Morgan fingerprint density at radius 2 is 2.25 bits per heavy atom. The fraction of sp³-hybridized carbons (Fsp3) is 0.385. The van der Waals surface area contributed by atoms with Crippen LogP contribution in [0.1, 0.15) is 18.5 Å². The summed E-state index contributed by atoms with van der Waals surface area (Å²) in [6, 6.07) is 5.14. The van der Waals surface area contributed by atoms with Gasteiger partial charge in [-0.15, -0.1) is 6.58 Å². The van der Waals surface area contributed by atoms with Gasteiger partial charge in [-0.2, -0.15) is 0 Å². The van der Waals surface area contributed by atoms with E-state index in [1.165, 1.54) is 6.07 Å². The third-order valence-corrected chi connectivity index (χ3v) is 2.71. The Labute approximate surface area is 96.8 Å². The molecule has 0 radical (unpaired) electrons. The molecule has 88 valence electrons. The lowest BCUT2D eigenvalue weighted by molar-refractivity contribution is 0.561. The highest BCUT2D eigenvalue weighted by Gasteiger charge is 2.15. The lowest BCUT2D eigenvalue weighted by Crippen LogP contribution is -2.22. The molecule has 1 aromatic carbocycles. The molecule has 0 heterocycles. The Balaban J connectivity index is 3.16. The molecular formula is C13H19FN2. The average Bonchev–Trinajstić information content (AvgIpc) is 2.28. The number of nitrogens with one attached hydrogen (secondary N) is 1. The summed E-state index contributed by atoms with van der Waals surface area (Å²) in [4.78, 5) is 1.99. The normalized spacial score (nSPS) is 12.2. The molecule has 0 aliphatic rings. The van der Waals surface area contributed by atoms with Gasteiger partial charge in [0.15, 0.2) is 0 Å². The zero-order valence-corrected chi connectivity index (χ0v) is 10.1. The first-order valence-corrected chi connectivity index (χ1v) is 5.39. The Hall–Kier alpha value is -1.35. The number of anilines is 1. The lowest BCUT2D eigenvalue weighted by Gasteiger charge is -2.24. The second-order valence-electron chi connectivity index (χ2n) is 3.85. The average molecular weight is 222 g/mol. The predicted molar refractivity (Wildman–Crippen MR) is 67.3 cm³/mol. The Kier molecular flexibility index (Phi) is 4.50. The van der Waals surface area contributed by atoms with Gasteiger partial charge in [0.05, 0.1) is 0 Å². The fourth-order valence-electron chi connectivity index (χ4n) is 1.72. The Bertz CT molecular complexity index is 363. The highest BCUT2D eigenvalue weighted by molar-refractivity contribution is 5.55. The van der Waals surface area contributed by atoms with Crippen molar-refractivity contribution in [3.05, 3.63) is 42.2 Å². The van der Waals surface area contributed by atoms with Crippen molar-refractivity contribution in [1.82, 2.24) is 5.32 Å². The molecule has 1 unspecified atom stereocenters. The van der Waals surface area contributed by atoms with E-state index in [0.29, 0.717) is 12.1 Å². The summed E-state index contributed by atoms with van der Waals surface area (Å²) >= 11 is 0.